The van der Waals surface area contributed by atoms with E-state index in [1.165, 1.54) is 24.8 Å². The van der Waals surface area contributed by atoms with Gasteiger partial charge < -0.3 is 14.8 Å². The molecule has 3 heteroatoms. The molecule has 0 aromatic carbocycles. The summed E-state index contributed by atoms with van der Waals surface area (Å²) in [5, 5.41) is 3.34. The molecule has 1 saturated heterocycles. The smallest absolute Gasteiger partial charge is 0.0912 e. The van der Waals surface area contributed by atoms with Crippen LogP contribution in [0.15, 0.2) is 11.8 Å². The molecule has 0 aromatic rings. The summed E-state index contributed by atoms with van der Waals surface area (Å²) in [6, 6.07) is 0.359. The second-order valence-corrected chi connectivity index (χ2v) is 3.98. The van der Waals surface area contributed by atoms with Crippen molar-refractivity contribution in [2.24, 2.45) is 0 Å². The fourth-order valence-corrected chi connectivity index (χ4v) is 2.27. The Morgan fingerprint density at radius 3 is 2.93 bits per heavy atom. The van der Waals surface area contributed by atoms with Gasteiger partial charge in [-0.1, -0.05) is 0 Å². The minimum Gasteiger partial charge on any atom is -0.501 e. The van der Waals surface area contributed by atoms with Gasteiger partial charge in [-0.2, -0.15) is 0 Å². The molecule has 0 spiro atoms. The van der Waals surface area contributed by atoms with E-state index in [0.717, 1.165) is 19.6 Å². The molecule has 0 saturated carbocycles. The Morgan fingerprint density at radius 2 is 2.36 bits per heavy atom. The molecule has 2 unspecified atom stereocenters. The number of hydrogen-bond donors (Lipinski definition) is 1. The molecular formula is C11H19NO2. The molecule has 2 aliphatic heterocycles. The van der Waals surface area contributed by atoms with E-state index in [-0.39, 0.29) is 0 Å². The number of rotatable bonds is 3. The number of ether oxygens (including phenoxy) is 2. The van der Waals surface area contributed by atoms with E-state index in [4.69, 9.17) is 9.47 Å². The molecular weight excluding hydrogens is 178 g/mol. The van der Waals surface area contributed by atoms with Gasteiger partial charge in [0.25, 0.3) is 0 Å². The first-order chi connectivity index (χ1) is 6.92. The standard InChI is InChI=1S/C11H19NO2/c1-12-11(9-5-7-13-8-9)10-4-2-3-6-14-10/h8,10-12H,2-7H2,1H3. The molecule has 0 radical (unpaired) electrons. The molecule has 2 heterocycles. The molecule has 80 valence electrons. The maximum absolute atomic E-state index is 5.78. The van der Waals surface area contributed by atoms with Crippen molar-refractivity contribution >= 4 is 0 Å². The van der Waals surface area contributed by atoms with Gasteiger partial charge >= 0.3 is 0 Å². The Balaban J connectivity index is 1.96. The highest BCUT2D eigenvalue weighted by Crippen LogP contribution is 2.24. The maximum atomic E-state index is 5.78. The minimum absolute atomic E-state index is 0.349. The molecule has 0 amide bonds. The lowest BCUT2D eigenvalue weighted by molar-refractivity contribution is 0.00107. The highest BCUT2D eigenvalue weighted by Gasteiger charge is 2.27. The van der Waals surface area contributed by atoms with Crippen LogP contribution in [0.3, 0.4) is 0 Å². The highest BCUT2D eigenvalue weighted by molar-refractivity contribution is 5.14. The zero-order valence-corrected chi connectivity index (χ0v) is 8.79. The third-order valence-electron chi connectivity index (χ3n) is 3.04. The van der Waals surface area contributed by atoms with Gasteiger partial charge in [0.05, 0.1) is 25.0 Å². The first-order valence-electron chi connectivity index (χ1n) is 5.51. The zero-order chi connectivity index (χ0) is 9.80. The van der Waals surface area contributed by atoms with Crippen molar-refractivity contribution in [3.63, 3.8) is 0 Å². The summed E-state index contributed by atoms with van der Waals surface area (Å²) in [5.74, 6) is 0. The molecule has 2 rings (SSSR count). The van der Waals surface area contributed by atoms with Crippen LogP contribution in [-0.2, 0) is 9.47 Å². The third kappa shape index (κ3) is 2.10. The van der Waals surface area contributed by atoms with Crippen LogP contribution in [0.4, 0.5) is 0 Å². The van der Waals surface area contributed by atoms with Crippen molar-refractivity contribution in [1.82, 2.24) is 5.32 Å². The van der Waals surface area contributed by atoms with Gasteiger partial charge in [-0.05, 0) is 31.9 Å². The second-order valence-electron chi connectivity index (χ2n) is 3.98. The molecule has 3 nitrogen and oxygen atoms in total. The Labute approximate surface area is 85.5 Å². The summed E-state index contributed by atoms with van der Waals surface area (Å²) in [6.45, 7) is 1.75. The van der Waals surface area contributed by atoms with Crippen molar-refractivity contribution in [2.75, 3.05) is 20.3 Å². The van der Waals surface area contributed by atoms with Gasteiger partial charge in [-0.15, -0.1) is 0 Å². The quantitative estimate of drug-likeness (QED) is 0.742. The van der Waals surface area contributed by atoms with Gasteiger partial charge in [0, 0.05) is 13.0 Å². The fraction of sp³-hybridized carbons (Fsp3) is 0.818. The lowest BCUT2D eigenvalue weighted by atomic mass is 9.95. The topological polar surface area (TPSA) is 30.5 Å². The van der Waals surface area contributed by atoms with Crippen molar-refractivity contribution in [2.45, 2.75) is 37.8 Å². The van der Waals surface area contributed by atoms with Crippen LogP contribution in [-0.4, -0.2) is 32.4 Å². The van der Waals surface area contributed by atoms with Crippen LogP contribution >= 0.6 is 0 Å². The summed E-state index contributed by atoms with van der Waals surface area (Å²) in [7, 11) is 2.00. The number of hydrogen-bond acceptors (Lipinski definition) is 3. The van der Waals surface area contributed by atoms with Crippen molar-refractivity contribution < 1.29 is 9.47 Å². The molecule has 1 N–H and O–H groups in total. The first-order valence-corrected chi connectivity index (χ1v) is 5.51. The van der Waals surface area contributed by atoms with Gasteiger partial charge in [-0.3, -0.25) is 0 Å². The van der Waals surface area contributed by atoms with E-state index in [0.29, 0.717) is 12.1 Å². The van der Waals surface area contributed by atoms with Crippen LogP contribution in [0.1, 0.15) is 25.7 Å². The van der Waals surface area contributed by atoms with E-state index in [1.807, 2.05) is 13.3 Å². The van der Waals surface area contributed by atoms with Crippen molar-refractivity contribution in [3.8, 4) is 0 Å². The Bertz CT molecular complexity index is 209. The van der Waals surface area contributed by atoms with E-state index in [9.17, 15) is 0 Å². The number of nitrogens with one attached hydrogen (secondary N) is 1. The van der Waals surface area contributed by atoms with Gasteiger partial charge in [-0.25, -0.2) is 0 Å². The summed E-state index contributed by atoms with van der Waals surface area (Å²) >= 11 is 0. The van der Waals surface area contributed by atoms with Crippen LogP contribution in [0.25, 0.3) is 0 Å². The number of likely N-dealkylation sites (N-methyl/N-ethyl adjacent to an activating group) is 1. The third-order valence-corrected chi connectivity index (χ3v) is 3.04. The second kappa shape index (κ2) is 4.80. The van der Waals surface area contributed by atoms with Crippen LogP contribution < -0.4 is 5.32 Å². The van der Waals surface area contributed by atoms with Gasteiger partial charge in [0.1, 0.15) is 0 Å². The SMILES string of the molecule is CNC(C1=COCC1)C1CCCCO1. The zero-order valence-electron chi connectivity index (χ0n) is 8.79. The van der Waals surface area contributed by atoms with Crippen molar-refractivity contribution in [3.05, 3.63) is 11.8 Å². The van der Waals surface area contributed by atoms with Crippen LogP contribution in [0.2, 0.25) is 0 Å². The average Bonchev–Trinajstić information content (AvgIpc) is 2.74. The lowest BCUT2D eigenvalue weighted by Gasteiger charge is -2.30. The maximum Gasteiger partial charge on any atom is 0.0912 e. The summed E-state index contributed by atoms with van der Waals surface area (Å²) in [4.78, 5) is 0. The molecule has 14 heavy (non-hydrogen) atoms. The summed E-state index contributed by atoms with van der Waals surface area (Å²) in [6.07, 6.45) is 6.97. The Kier molecular flexibility index (Phi) is 3.43. The first kappa shape index (κ1) is 9.99. The minimum atomic E-state index is 0.349. The van der Waals surface area contributed by atoms with Crippen molar-refractivity contribution in [1.29, 1.82) is 0 Å². The lowest BCUT2D eigenvalue weighted by Crippen LogP contribution is -2.42. The molecule has 1 fully saturated rings. The Hall–Kier alpha value is -0.540. The largest absolute Gasteiger partial charge is 0.501 e. The van der Waals surface area contributed by atoms with E-state index < -0.39 is 0 Å². The molecule has 0 aromatic heterocycles. The molecule has 2 aliphatic rings. The van der Waals surface area contributed by atoms with E-state index in [1.54, 1.807) is 0 Å². The summed E-state index contributed by atoms with van der Waals surface area (Å²) < 4.78 is 11.1. The predicted octanol–water partition coefficient (Wildman–Crippen LogP) is 1.45. The summed E-state index contributed by atoms with van der Waals surface area (Å²) in [5.41, 5.74) is 1.36. The van der Waals surface area contributed by atoms with Gasteiger partial charge in [0.2, 0.25) is 0 Å². The normalized spacial score (nSPS) is 29.5. The molecule has 0 aliphatic carbocycles. The Morgan fingerprint density at radius 1 is 1.43 bits per heavy atom. The molecule has 2 atom stereocenters. The van der Waals surface area contributed by atoms with Gasteiger partial charge in [0.15, 0.2) is 0 Å². The van der Waals surface area contributed by atoms with E-state index in [2.05, 4.69) is 5.32 Å². The van der Waals surface area contributed by atoms with Crippen LogP contribution in [0.5, 0.6) is 0 Å². The highest BCUT2D eigenvalue weighted by atomic mass is 16.5. The van der Waals surface area contributed by atoms with Crippen LogP contribution in [0, 0.1) is 0 Å². The monoisotopic (exact) mass is 197 g/mol. The molecule has 0 bridgehead atoms. The van der Waals surface area contributed by atoms with E-state index >= 15 is 0 Å². The average molecular weight is 197 g/mol. The fourth-order valence-electron chi connectivity index (χ4n) is 2.27. The predicted molar refractivity (Wildman–Crippen MR) is 55.1 cm³/mol.